The van der Waals surface area contributed by atoms with Gasteiger partial charge in [0.1, 0.15) is 0 Å². The number of aromatic amines is 1. The lowest BCUT2D eigenvalue weighted by Gasteiger charge is -2.13. The Morgan fingerprint density at radius 1 is 1.35 bits per heavy atom. The number of carbonyl (C=O) groups is 1. The number of aliphatic carboxylic acids is 1. The number of rotatable bonds is 2. The molecular formula is C16H16N2O2. The summed E-state index contributed by atoms with van der Waals surface area (Å²) in [7, 11) is 4.00. The van der Waals surface area contributed by atoms with Crippen LogP contribution in [0, 0.1) is 0 Å². The largest absolute Gasteiger partial charge is 0.478 e. The molecule has 1 aromatic heterocycles. The number of nitrogens with zero attached hydrogens (tertiary/aromatic N) is 1. The molecule has 0 spiro atoms. The molecule has 1 heterocycles. The van der Waals surface area contributed by atoms with E-state index >= 15 is 0 Å². The first kappa shape index (κ1) is 12.5. The second kappa shape index (κ2) is 4.56. The zero-order chi connectivity index (χ0) is 14.3. The molecule has 20 heavy (non-hydrogen) atoms. The number of nitrogens with one attached hydrogen (secondary N) is 1. The maximum absolute atomic E-state index is 11.2. The zero-order valence-electron chi connectivity index (χ0n) is 11.5. The highest BCUT2D eigenvalue weighted by Crippen LogP contribution is 2.32. The monoisotopic (exact) mass is 268 g/mol. The third-order valence-electron chi connectivity index (χ3n) is 3.60. The molecule has 2 N–H and O–H groups in total. The van der Waals surface area contributed by atoms with Crippen LogP contribution in [0.4, 0.5) is 5.69 Å². The standard InChI is InChI=1S/C16H16N2O2/c1-18(2)14-8-4-7-12-11-6-3-5-10(16(19)20)9-13(11)17-15(12)14/h3-5,7-9,17H,6H2,1-2H3,(H,19,20). The van der Waals surface area contributed by atoms with Gasteiger partial charge in [-0.1, -0.05) is 24.3 Å². The highest BCUT2D eigenvalue weighted by molar-refractivity contribution is 6.00. The number of H-pyrrole nitrogens is 1. The van der Waals surface area contributed by atoms with Crippen molar-refractivity contribution in [1.82, 2.24) is 4.98 Å². The fraction of sp³-hybridized carbons (Fsp3) is 0.188. The van der Waals surface area contributed by atoms with Gasteiger partial charge in [-0.05, 0) is 24.1 Å². The van der Waals surface area contributed by atoms with Crippen molar-refractivity contribution in [3.8, 4) is 0 Å². The topological polar surface area (TPSA) is 56.3 Å². The van der Waals surface area contributed by atoms with E-state index in [2.05, 4.69) is 22.0 Å². The van der Waals surface area contributed by atoms with Crippen molar-refractivity contribution < 1.29 is 9.90 Å². The van der Waals surface area contributed by atoms with Crippen LogP contribution in [-0.4, -0.2) is 30.2 Å². The summed E-state index contributed by atoms with van der Waals surface area (Å²) in [4.78, 5) is 16.6. The van der Waals surface area contributed by atoms with Crippen molar-refractivity contribution >= 4 is 28.6 Å². The summed E-state index contributed by atoms with van der Waals surface area (Å²) in [5, 5.41) is 10.3. The maximum Gasteiger partial charge on any atom is 0.335 e. The Bertz CT molecular complexity index is 751. The number of fused-ring (bicyclic) bond motifs is 3. The summed E-state index contributed by atoms with van der Waals surface area (Å²) in [5.41, 5.74) is 4.50. The van der Waals surface area contributed by atoms with Crippen molar-refractivity contribution in [2.45, 2.75) is 6.42 Å². The highest BCUT2D eigenvalue weighted by Gasteiger charge is 2.16. The van der Waals surface area contributed by atoms with Crippen molar-refractivity contribution in [3.05, 3.63) is 47.2 Å². The zero-order valence-corrected chi connectivity index (χ0v) is 11.5. The average Bonchev–Trinajstić information content (AvgIpc) is 2.61. The molecule has 1 aliphatic carbocycles. The first-order chi connectivity index (χ1) is 9.58. The molecule has 0 radical (unpaired) electrons. The van der Waals surface area contributed by atoms with Crippen LogP contribution < -0.4 is 4.90 Å². The van der Waals surface area contributed by atoms with E-state index in [0.29, 0.717) is 5.57 Å². The van der Waals surface area contributed by atoms with Gasteiger partial charge in [0.15, 0.2) is 0 Å². The Morgan fingerprint density at radius 3 is 2.85 bits per heavy atom. The SMILES string of the molecule is CN(C)c1cccc2c3c([nH]c12)C=C(C(=O)O)C=CC3. The second-order valence-corrected chi connectivity index (χ2v) is 5.12. The minimum absolute atomic E-state index is 0.307. The molecular weight excluding hydrogens is 252 g/mol. The lowest BCUT2D eigenvalue weighted by molar-refractivity contribution is -0.132. The summed E-state index contributed by atoms with van der Waals surface area (Å²) in [6.07, 6.45) is 6.01. The predicted molar refractivity (Wildman–Crippen MR) is 81.1 cm³/mol. The Labute approximate surface area is 117 Å². The van der Waals surface area contributed by atoms with Crippen molar-refractivity contribution in [1.29, 1.82) is 0 Å². The number of carboxylic acid groups (broad SMARTS) is 1. The fourth-order valence-electron chi connectivity index (χ4n) is 2.63. The van der Waals surface area contributed by atoms with Gasteiger partial charge < -0.3 is 15.0 Å². The average molecular weight is 268 g/mol. The summed E-state index contributed by atoms with van der Waals surface area (Å²) >= 11 is 0. The van der Waals surface area contributed by atoms with Gasteiger partial charge in [0, 0.05) is 25.2 Å². The molecule has 0 unspecified atom stereocenters. The normalized spacial score (nSPS) is 13.8. The van der Waals surface area contributed by atoms with E-state index in [1.54, 1.807) is 12.2 Å². The van der Waals surface area contributed by atoms with Crippen molar-refractivity contribution in [2.75, 3.05) is 19.0 Å². The molecule has 0 aliphatic heterocycles. The third kappa shape index (κ3) is 1.90. The Hall–Kier alpha value is -2.49. The Balaban J connectivity index is 2.27. The van der Waals surface area contributed by atoms with Gasteiger partial charge in [-0.25, -0.2) is 4.79 Å². The fourth-order valence-corrected chi connectivity index (χ4v) is 2.63. The summed E-state index contributed by atoms with van der Waals surface area (Å²) in [6.45, 7) is 0. The van der Waals surface area contributed by atoms with Gasteiger partial charge in [-0.15, -0.1) is 0 Å². The molecule has 0 saturated heterocycles. The number of anilines is 1. The van der Waals surface area contributed by atoms with Crippen LogP contribution in [-0.2, 0) is 11.2 Å². The minimum Gasteiger partial charge on any atom is -0.478 e. The van der Waals surface area contributed by atoms with Gasteiger partial charge in [-0.3, -0.25) is 0 Å². The number of hydrogen-bond donors (Lipinski definition) is 2. The minimum atomic E-state index is -0.902. The number of carboxylic acids is 1. The van der Waals surface area contributed by atoms with Gasteiger partial charge in [-0.2, -0.15) is 0 Å². The van der Waals surface area contributed by atoms with Crippen LogP contribution in [0.15, 0.2) is 35.9 Å². The van der Waals surface area contributed by atoms with Crippen molar-refractivity contribution in [2.24, 2.45) is 0 Å². The number of para-hydroxylation sites is 1. The van der Waals surface area contributed by atoms with Gasteiger partial charge in [0.25, 0.3) is 0 Å². The van der Waals surface area contributed by atoms with E-state index in [1.807, 2.05) is 26.2 Å². The number of benzene rings is 1. The molecule has 102 valence electrons. The molecule has 4 nitrogen and oxygen atoms in total. The summed E-state index contributed by atoms with van der Waals surface area (Å²) in [6, 6.07) is 6.16. The van der Waals surface area contributed by atoms with Crippen molar-refractivity contribution in [3.63, 3.8) is 0 Å². The number of allylic oxidation sites excluding steroid dienone is 1. The lowest BCUT2D eigenvalue weighted by Crippen LogP contribution is -2.08. The lowest BCUT2D eigenvalue weighted by atomic mass is 10.1. The van der Waals surface area contributed by atoms with E-state index in [1.165, 1.54) is 0 Å². The predicted octanol–water partition coefficient (Wildman–Crippen LogP) is 2.81. The molecule has 0 amide bonds. The van der Waals surface area contributed by atoms with Crippen LogP contribution in [0.3, 0.4) is 0 Å². The summed E-state index contributed by atoms with van der Waals surface area (Å²) in [5.74, 6) is -0.902. The van der Waals surface area contributed by atoms with Crippen LogP contribution in [0.2, 0.25) is 0 Å². The molecule has 0 fully saturated rings. The molecule has 2 aromatic rings. The van der Waals surface area contributed by atoms with E-state index in [0.717, 1.165) is 34.3 Å². The molecule has 3 rings (SSSR count). The number of hydrogen-bond acceptors (Lipinski definition) is 2. The maximum atomic E-state index is 11.2. The first-order valence-corrected chi connectivity index (χ1v) is 6.50. The van der Waals surface area contributed by atoms with Gasteiger partial charge in [0.05, 0.1) is 16.8 Å². The molecule has 0 bridgehead atoms. The highest BCUT2D eigenvalue weighted by atomic mass is 16.4. The number of aromatic nitrogens is 1. The van der Waals surface area contributed by atoms with E-state index in [-0.39, 0.29) is 0 Å². The third-order valence-corrected chi connectivity index (χ3v) is 3.60. The molecule has 4 heteroatoms. The molecule has 1 aliphatic rings. The molecule has 0 saturated carbocycles. The molecule has 1 aromatic carbocycles. The Kier molecular flexibility index (Phi) is 2.86. The molecule has 0 atom stereocenters. The van der Waals surface area contributed by atoms with Crippen LogP contribution >= 0.6 is 0 Å². The quantitative estimate of drug-likeness (QED) is 0.880. The first-order valence-electron chi connectivity index (χ1n) is 6.50. The summed E-state index contributed by atoms with van der Waals surface area (Å²) < 4.78 is 0. The smallest absolute Gasteiger partial charge is 0.335 e. The Morgan fingerprint density at radius 2 is 2.15 bits per heavy atom. The second-order valence-electron chi connectivity index (χ2n) is 5.12. The van der Waals surface area contributed by atoms with Gasteiger partial charge in [0.2, 0.25) is 0 Å². The van der Waals surface area contributed by atoms with Crippen LogP contribution in [0.1, 0.15) is 11.3 Å². The van der Waals surface area contributed by atoms with E-state index in [4.69, 9.17) is 5.11 Å². The van der Waals surface area contributed by atoms with Gasteiger partial charge >= 0.3 is 5.97 Å². The van der Waals surface area contributed by atoms with Crippen LogP contribution in [0.25, 0.3) is 17.0 Å². The van der Waals surface area contributed by atoms with E-state index < -0.39 is 5.97 Å². The van der Waals surface area contributed by atoms with Crippen LogP contribution in [0.5, 0.6) is 0 Å². The van der Waals surface area contributed by atoms with E-state index in [9.17, 15) is 4.79 Å².